The van der Waals surface area contributed by atoms with Crippen molar-refractivity contribution >= 4 is 12.6 Å². The topological polar surface area (TPSA) is 40.5 Å². The maximum atomic E-state index is 9.10. The van der Waals surface area contributed by atoms with Gasteiger partial charge in [0.2, 0.25) is 0 Å². The van der Waals surface area contributed by atoms with Crippen LogP contribution in [0.15, 0.2) is 0 Å². The summed E-state index contributed by atoms with van der Waals surface area (Å²) in [5.41, 5.74) is 0. The van der Waals surface area contributed by atoms with Crippen LogP contribution < -0.4 is 0 Å². The van der Waals surface area contributed by atoms with Crippen LogP contribution in [0.4, 0.5) is 0 Å². The molecule has 2 aliphatic rings. The fraction of sp³-hybridized carbons (Fsp3) is 1.00. The van der Waals surface area contributed by atoms with E-state index in [1.165, 1.54) is 32.1 Å². The lowest BCUT2D eigenvalue weighted by molar-refractivity contribution is 0.113. The summed E-state index contributed by atoms with van der Waals surface area (Å²) in [6.07, 6.45) is 10.2. The molecule has 0 bridgehead atoms. The Morgan fingerprint density at radius 2 is 1.25 bits per heavy atom. The second-order valence-corrected chi connectivity index (χ2v) is 5.51. The van der Waals surface area contributed by atoms with Crippen LogP contribution in [0.5, 0.6) is 0 Å². The smallest absolute Gasteiger partial charge is 0.0540 e. The molecule has 0 aromatic heterocycles. The molecule has 2 fully saturated rings. The Balaban J connectivity index is 0.000000165. The van der Waals surface area contributed by atoms with E-state index in [4.69, 9.17) is 10.2 Å². The molecule has 0 unspecified atom stereocenters. The first-order valence-electron chi connectivity index (χ1n) is 6.69. The van der Waals surface area contributed by atoms with Gasteiger partial charge in [-0.1, -0.05) is 19.3 Å². The summed E-state index contributed by atoms with van der Waals surface area (Å²) < 4.78 is 0. The monoisotopic (exact) mass is 246 g/mol. The Bertz CT molecular complexity index is 161. The maximum Gasteiger partial charge on any atom is 0.0540 e. The van der Waals surface area contributed by atoms with Gasteiger partial charge < -0.3 is 10.2 Å². The predicted molar refractivity (Wildman–Crippen MR) is 70.9 cm³/mol. The quantitative estimate of drug-likeness (QED) is 0.623. The van der Waals surface area contributed by atoms with E-state index in [2.05, 4.69) is 12.6 Å². The van der Waals surface area contributed by atoms with Crippen LogP contribution in [0.1, 0.15) is 57.8 Å². The van der Waals surface area contributed by atoms with Gasteiger partial charge in [0.15, 0.2) is 0 Å². The molecule has 2 rings (SSSR count). The van der Waals surface area contributed by atoms with Gasteiger partial charge in [0.1, 0.15) is 0 Å². The second kappa shape index (κ2) is 8.37. The van der Waals surface area contributed by atoms with Crippen LogP contribution in [0.3, 0.4) is 0 Å². The van der Waals surface area contributed by atoms with Crippen molar-refractivity contribution in [3.05, 3.63) is 0 Å². The first-order chi connectivity index (χ1) is 7.72. The molecular weight excluding hydrogens is 220 g/mol. The Labute approximate surface area is 105 Å². The molecule has 0 spiro atoms. The molecule has 2 aliphatic carbocycles. The summed E-state index contributed by atoms with van der Waals surface area (Å²) in [5, 5.41) is 18.0. The van der Waals surface area contributed by atoms with Gasteiger partial charge in [-0.2, -0.15) is 12.6 Å². The summed E-state index contributed by atoms with van der Waals surface area (Å²) in [5.74, 6) is 1.77. The van der Waals surface area contributed by atoms with Crippen molar-refractivity contribution in [3.8, 4) is 0 Å². The summed E-state index contributed by atoms with van der Waals surface area (Å²) in [6, 6.07) is 0. The molecule has 2 saturated carbocycles. The summed E-state index contributed by atoms with van der Waals surface area (Å²) >= 11 is 4.21. The Morgan fingerprint density at radius 1 is 0.750 bits per heavy atom. The third-order valence-electron chi connectivity index (χ3n) is 3.65. The highest BCUT2D eigenvalue weighted by molar-refractivity contribution is 7.80. The van der Waals surface area contributed by atoms with Gasteiger partial charge in [-0.05, 0) is 50.2 Å². The zero-order valence-electron chi connectivity index (χ0n) is 10.1. The first-order valence-corrected chi connectivity index (χ1v) is 7.32. The van der Waals surface area contributed by atoms with E-state index >= 15 is 0 Å². The van der Waals surface area contributed by atoms with Gasteiger partial charge >= 0.3 is 0 Å². The van der Waals surface area contributed by atoms with Crippen LogP contribution in [-0.4, -0.2) is 28.2 Å². The molecule has 2 nitrogen and oxygen atoms in total. The minimum atomic E-state index is -0.0128. The van der Waals surface area contributed by atoms with Crippen molar-refractivity contribution in [2.45, 2.75) is 70.0 Å². The van der Waals surface area contributed by atoms with Gasteiger partial charge in [0, 0.05) is 0 Å². The molecule has 16 heavy (non-hydrogen) atoms. The summed E-state index contributed by atoms with van der Waals surface area (Å²) in [7, 11) is 0. The molecule has 3 heteroatoms. The number of rotatable bonds is 1. The van der Waals surface area contributed by atoms with Gasteiger partial charge in [0.05, 0.1) is 12.2 Å². The average Bonchev–Trinajstić information content (AvgIpc) is 2.32. The first kappa shape index (κ1) is 14.3. The maximum absolute atomic E-state index is 9.10. The number of hydrogen-bond acceptors (Lipinski definition) is 3. The highest BCUT2D eigenvalue weighted by atomic mass is 32.1. The van der Waals surface area contributed by atoms with Crippen molar-refractivity contribution in [1.82, 2.24) is 0 Å². The number of hydrogen-bond donors (Lipinski definition) is 3. The van der Waals surface area contributed by atoms with Crippen LogP contribution >= 0.6 is 12.6 Å². The molecule has 0 atom stereocenters. The highest BCUT2D eigenvalue weighted by Gasteiger charge is 2.17. The molecule has 0 amide bonds. The minimum absolute atomic E-state index is 0.0128. The summed E-state index contributed by atoms with van der Waals surface area (Å²) in [4.78, 5) is 0. The minimum Gasteiger partial charge on any atom is -0.393 e. The van der Waals surface area contributed by atoms with Crippen molar-refractivity contribution < 1.29 is 10.2 Å². The second-order valence-electron chi connectivity index (χ2n) is 5.15. The lowest BCUT2D eigenvalue weighted by Gasteiger charge is -2.23. The normalized spacial score (nSPS) is 31.7. The molecule has 0 aromatic carbocycles. The van der Waals surface area contributed by atoms with Crippen LogP contribution in [-0.2, 0) is 0 Å². The zero-order chi connectivity index (χ0) is 11.8. The molecule has 96 valence electrons. The van der Waals surface area contributed by atoms with Crippen LogP contribution in [0.25, 0.3) is 0 Å². The van der Waals surface area contributed by atoms with E-state index in [-0.39, 0.29) is 12.2 Å². The Morgan fingerprint density at radius 3 is 1.62 bits per heavy atom. The molecular formula is C13H26O2S. The number of aliphatic hydroxyl groups excluding tert-OH is 2. The lowest BCUT2D eigenvalue weighted by atomic mass is 9.89. The zero-order valence-corrected chi connectivity index (χ0v) is 11.0. The van der Waals surface area contributed by atoms with Crippen molar-refractivity contribution in [2.75, 3.05) is 5.75 Å². The van der Waals surface area contributed by atoms with Crippen molar-refractivity contribution in [1.29, 1.82) is 0 Å². The Hall–Kier alpha value is 0.270. The van der Waals surface area contributed by atoms with E-state index in [0.29, 0.717) is 0 Å². The Kier molecular flexibility index (Phi) is 7.50. The predicted octanol–water partition coefficient (Wildman–Crippen LogP) is 2.78. The van der Waals surface area contributed by atoms with E-state index in [0.717, 1.165) is 37.4 Å². The van der Waals surface area contributed by atoms with E-state index in [1.54, 1.807) is 0 Å². The van der Waals surface area contributed by atoms with Crippen molar-refractivity contribution in [3.63, 3.8) is 0 Å². The van der Waals surface area contributed by atoms with E-state index < -0.39 is 0 Å². The van der Waals surface area contributed by atoms with Gasteiger partial charge in [0.25, 0.3) is 0 Å². The van der Waals surface area contributed by atoms with Crippen molar-refractivity contribution in [2.24, 2.45) is 5.92 Å². The van der Waals surface area contributed by atoms with E-state index in [1.807, 2.05) is 0 Å². The highest BCUT2D eigenvalue weighted by Crippen LogP contribution is 2.24. The van der Waals surface area contributed by atoms with Crippen LogP contribution in [0, 0.1) is 5.92 Å². The molecule has 2 N–H and O–H groups in total. The third kappa shape index (κ3) is 6.12. The number of aliphatic hydroxyl groups is 2. The average molecular weight is 246 g/mol. The molecule has 0 aliphatic heterocycles. The third-order valence-corrected chi connectivity index (χ3v) is 4.17. The molecule has 0 saturated heterocycles. The number of thiol groups is 1. The van der Waals surface area contributed by atoms with Gasteiger partial charge in [-0.25, -0.2) is 0 Å². The molecule has 0 heterocycles. The van der Waals surface area contributed by atoms with Gasteiger partial charge in [-0.3, -0.25) is 0 Å². The van der Waals surface area contributed by atoms with Crippen LogP contribution in [0.2, 0.25) is 0 Å². The standard InChI is InChI=1S/C7H14OS.C6H12O/c8-7-3-1-6(5-9)2-4-7;7-6-4-2-1-3-5-6/h6-9H,1-5H2;6-7H,1-5H2. The molecule has 0 aromatic rings. The van der Waals surface area contributed by atoms with Gasteiger partial charge in [-0.15, -0.1) is 0 Å². The summed E-state index contributed by atoms with van der Waals surface area (Å²) in [6.45, 7) is 0. The lowest BCUT2D eigenvalue weighted by Crippen LogP contribution is -2.18. The molecule has 0 radical (unpaired) electrons. The SMILES string of the molecule is OC1CCC(CS)CC1.OC1CCCCC1. The fourth-order valence-electron chi connectivity index (χ4n) is 2.41. The van der Waals surface area contributed by atoms with E-state index in [9.17, 15) is 0 Å². The fourth-order valence-corrected chi connectivity index (χ4v) is 2.77. The largest absolute Gasteiger partial charge is 0.393 e.